The Morgan fingerprint density at radius 3 is 2.82 bits per heavy atom. The molecule has 0 fully saturated rings. The lowest BCUT2D eigenvalue weighted by atomic mass is 10.3. The summed E-state index contributed by atoms with van der Waals surface area (Å²) in [5.74, 6) is -0.0911. The minimum absolute atomic E-state index is 0.0122. The Kier molecular flexibility index (Phi) is 3.26. The Labute approximate surface area is 110 Å². The molecule has 0 bridgehead atoms. The minimum atomic E-state index is -0.570. The van der Waals surface area contributed by atoms with E-state index in [1.165, 1.54) is 16.8 Å². The van der Waals surface area contributed by atoms with Crippen LogP contribution in [0.2, 0.25) is 5.02 Å². The van der Waals surface area contributed by atoms with Crippen LogP contribution < -0.4 is 10.5 Å². The summed E-state index contributed by atoms with van der Waals surface area (Å²) in [6, 6.07) is 2.58. The van der Waals surface area contributed by atoms with Crippen molar-refractivity contribution in [3.8, 4) is 11.6 Å². The number of anilines is 1. The number of rotatable bonds is 2. The Morgan fingerprint density at radius 1 is 1.53 bits per heavy atom. The summed E-state index contributed by atoms with van der Waals surface area (Å²) in [7, 11) is 1.71. The third-order valence-electron chi connectivity index (χ3n) is 2.00. The number of nitrogens with two attached hydrogens (primary N) is 1. The second-order valence-corrected chi connectivity index (χ2v) is 4.62. The lowest BCUT2D eigenvalue weighted by molar-refractivity contribution is 0.449. The van der Waals surface area contributed by atoms with Gasteiger partial charge in [-0.25, -0.2) is 4.39 Å². The van der Waals surface area contributed by atoms with Crippen LogP contribution in [0.5, 0.6) is 11.6 Å². The molecule has 7 heteroatoms. The van der Waals surface area contributed by atoms with E-state index in [1.807, 2.05) is 0 Å². The van der Waals surface area contributed by atoms with Gasteiger partial charge in [0.25, 0.3) is 5.88 Å². The monoisotopic (exact) mass is 319 g/mol. The molecule has 2 N–H and O–H groups in total. The fourth-order valence-electron chi connectivity index (χ4n) is 1.25. The van der Waals surface area contributed by atoms with Gasteiger partial charge in [-0.2, -0.15) is 0 Å². The maximum atomic E-state index is 13.3. The van der Waals surface area contributed by atoms with Gasteiger partial charge in [0, 0.05) is 13.1 Å². The minimum Gasteiger partial charge on any atom is -0.435 e. The van der Waals surface area contributed by atoms with E-state index in [0.717, 1.165) is 0 Å². The van der Waals surface area contributed by atoms with Gasteiger partial charge in [0.2, 0.25) is 0 Å². The second kappa shape index (κ2) is 4.54. The molecule has 0 spiro atoms. The van der Waals surface area contributed by atoms with Crippen molar-refractivity contribution in [2.24, 2.45) is 7.05 Å². The van der Waals surface area contributed by atoms with E-state index in [0.29, 0.717) is 10.2 Å². The number of hydrogen-bond donors (Lipinski definition) is 1. The van der Waals surface area contributed by atoms with Gasteiger partial charge >= 0.3 is 0 Å². The van der Waals surface area contributed by atoms with Crippen LogP contribution >= 0.6 is 27.5 Å². The summed E-state index contributed by atoms with van der Waals surface area (Å²) in [5.41, 5.74) is 6.03. The maximum Gasteiger partial charge on any atom is 0.261 e. The summed E-state index contributed by atoms with van der Waals surface area (Å²) >= 11 is 8.84. The van der Waals surface area contributed by atoms with Crippen molar-refractivity contribution in [2.45, 2.75) is 0 Å². The van der Waals surface area contributed by atoms with Crippen molar-refractivity contribution in [1.29, 1.82) is 0 Å². The molecule has 1 aromatic heterocycles. The van der Waals surface area contributed by atoms with Crippen LogP contribution in [0.3, 0.4) is 0 Å². The molecule has 0 atom stereocenters. The Hall–Kier alpha value is -1.27. The zero-order chi connectivity index (χ0) is 12.6. The second-order valence-electron chi connectivity index (χ2n) is 3.36. The molecule has 0 saturated heterocycles. The highest BCUT2D eigenvalue weighted by Crippen LogP contribution is 2.34. The number of nitrogens with zero attached hydrogens (tertiary/aromatic N) is 2. The van der Waals surface area contributed by atoms with E-state index in [1.54, 1.807) is 13.2 Å². The first-order chi connectivity index (χ1) is 7.97. The number of nitrogen functional groups attached to an aromatic ring is 1. The zero-order valence-corrected chi connectivity index (χ0v) is 11.1. The molecular formula is C10H8BrClFN3O. The van der Waals surface area contributed by atoms with Crippen molar-refractivity contribution < 1.29 is 9.13 Å². The highest BCUT2D eigenvalue weighted by atomic mass is 79.9. The van der Waals surface area contributed by atoms with Crippen LogP contribution in [-0.4, -0.2) is 9.78 Å². The zero-order valence-electron chi connectivity index (χ0n) is 8.75. The van der Waals surface area contributed by atoms with Crippen molar-refractivity contribution in [2.75, 3.05) is 5.73 Å². The predicted molar refractivity (Wildman–Crippen MR) is 66.8 cm³/mol. The average Bonchev–Trinajstić information content (AvgIpc) is 2.54. The number of ether oxygens (including phenoxy) is 1. The summed E-state index contributed by atoms with van der Waals surface area (Å²) < 4.78 is 20.7. The molecule has 2 aromatic rings. The van der Waals surface area contributed by atoms with Crippen LogP contribution in [0.1, 0.15) is 0 Å². The molecule has 0 amide bonds. The molecule has 0 aliphatic heterocycles. The maximum absolute atomic E-state index is 13.3. The van der Waals surface area contributed by atoms with E-state index >= 15 is 0 Å². The van der Waals surface area contributed by atoms with E-state index in [4.69, 9.17) is 22.1 Å². The molecule has 90 valence electrons. The molecule has 0 aliphatic rings. The lowest BCUT2D eigenvalue weighted by Gasteiger charge is -2.06. The Morgan fingerprint density at radius 2 is 2.24 bits per heavy atom. The van der Waals surface area contributed by atoms with Gasteiger partial charge in [-0.1, -0.05) is 11.6 Å². The fraction of sp³-hybridized carbons (Fsp3) is 0.100. The smallest absolute Gasteiger partial charge is 0.261 e. The average molecular weight is 321 g/mol. The Balaban J connectivity index is 2.36. The van der Waals surface area contributed by atoms with Crippen molar-refractivity contribution in [3.63, 3.8) is 0 Å². The van der Waals surface area contributed by atoms with Gasteiger partial charge in [-0.05, 0) is 22.0 Å². The van der Waals surface area contributed by atoms with E-state index in [-0.39, 0.29) is 16.7 Å². The molecule has 17 heavy (non-hydrogen) atoms. The number of halogens is 3. The lowest BCUT2D eigenvalue weighted by Crippen LogP contribution is -1.93. The van der Waals surface area contributed by atoms with Gasteiger partial charge in [0.1, 0.15) is 17.3 Å². The van der Waals surface area contributed by atoms with E-state index < -0.39 is 5.82 Å². The van der Waals surface area contributed by atoms with Gasteiger partial charge < -0.3 is 10.5 Å². The van der Waals surface area contributed by atoms with Gasteiger partial charge in [-0.3, -0.25) is 4.68 Å². The first-order valence-corrected chi connectivity index (χ1v) is 5.76. The van der Waals surface area contributed by atoms with E-state index in [9.17, 15) is 4.39 Å². The highest BCUT2D eigenvalue weighted by Gasteiger charge is 2.12. The van der Waals surface area contributed by atoms with Gasteiger partial charge in [0.05, 0.1) is 15.7 Å². The Bertz CT molecular complexity index is 573. The molecule has 0 aliphatic carbocycles. The molecule has 1 aromatic carbocycles. The van der Waals surface area contributed by atoms with E-state index in [2.05, 4.69) is 21.0 Å². The van der Waals surface area contributed by atoms with Gasteiger partial charge in [0.15, 0.2) is 0 Å². The van der Waals surface area contributed by atoms with Crippen molar-refractivity contribution >= 4 is 33.2 Å². The summed E-state index contributed by atoms with van der Waals surface area (Å²) in [6.45, 7) is 0. The predicted octanol–water partition coefficient (Wildman–Crippen LogP) is 3.35. The normalized spacial score (nSPS) is 10.6. The fourth-order valence-corrected chi connectivity index (χ4v) is 1.97. The van der Waals surface area contributed by atoms with Crippen LogP contribution in [0.25, 0.3) is 0 Å². The van der Waals surface area contributed by atoms with Crippen LogP contribution in [-0.2, 0) is 7.05 Å². The molecule has 0 unspecified atom stereocenters. The third-order valence-corrected chi connectivity index (χ3v) is 2.91. The summed E-state index contributed by atoms with van der Waals surface area (Å²) in [4.78, 5) is 0. The largest absolute Gasteiger partial charge is 0.435 e. The molecule has 4 nitrogen and oxygen atoms in total. The van der Waals surface area contributed by atoms with Crippen LogP contribution in [0.15, 0.2) is 22.8 Å². The standard InChI is InChI=1S/C10H8BrClFN3O/c1-16-4-8(14)10(15-16)17-9-3-7(13)6(12)2-5(9)11/h2-4H,14H2,1H3. The number of hydrogen-bond acceptors (Lipinski definition) is 3. The SMILES string of the molecule is Cn1cc(N)c(Oc2cc(F)c(Cl)cc2Br)n1. The summed E-state index contributed by atoms with van der Waals surface area (Å²) in [6.07, 6.45) is 1.59. The quantitative estimate of drug-likeness (QED) is 0.863. The van der Waals surface area contributed by atoms with Crippen LogP contribution in [0, 0.1) is 5.82 Å². The molecule has 2 rings (SSSR count). The number of aromatic nitrogens is 2. The first kappa shape index (κ1) is 12.2. The first-order valence-electron chi connectivity index (χ1n) is 4.59. The van der Waals surface area contributed by atoms with Crippen LogP contribution in [0.4, 0.5) is 10.1 Å². The molecule has 0 radical (unpaired) electrons. The van der Waals surface area contributed by atoms with Crippen molar-refractivity contribution in [1.82, 2.24) is 9.78 Å². The highest BCUT2D eigenvalue weighted by molar-refractivity contribution is 9.10. The topological polar surface area (TPSA) is 53.1 Å². The third kappa shape index (κ3) is 2.53. The molecule has 1 heterocycles. The van der Waals surface area contributed by atoms with Crippen molar-refractivity contribution in [3.05, 3.63) is 33.6 Å². The molecular weight excluding hydrogens is 312 g/mol. The molecule has 0 saturated carbocycles. The summed E-state index contributed by atoms with van der Waals surface area (Å²) in [5, 5.41) is 4.00. The number of aryl methyl sites for hydroxylation is 1. The van der Waals surface area contributed by atoms with Gasteiger partial charge in [-0.15, -0.1) is 5.10 Å². The number of benzene rings is 1.